The molecule has 3 nitrogen and oxygen atoms in total. The Morgan fingerprint density at radius 3 is 2.60 bits per heavy atom. The van der Waals surface area contributed by atoms with E-state index in [9.17, 15) is 4.79 Å². The van der Waals surface area contributed by atoms with Gasteiger partial charge in [-0.05, 0) is 27.1 Å². The van der Waals surface area contributed by atoms with E-state index in [2.05, 4.69) is 17.1 Å². The van der Waals surface area contributed by atoms with Gasteiger partial charge in [-0.3, -0.25) is 4.79 Å². The molecular formula is C7H15N2O. The van der Waals surface area contributed by atoms with Crippen molar-refractivity contribution >= 4 is 5.91 Å². The highest BCUT2D eigenvalue weighted by atomic mass is 16.1. The summed E-state index contributed by atoms with van der Waals surface area (Å²) in [5.41, 5.74) is 0. The molecule has 0 unspecified atom stereocenters. The van der Waals surface area contributed by atoms with Crippen molar-refractivity contribution < 1.29 is 4.79 Å². The maximum atomic E-state index is 10.3. The monoisotopic (exact) mass is 143 g/mol. The second-order valence-electron chi connectivity index (χ2n) is 2.51. The number of hydrogen-bond acceptors (Lipinski definition) is 2. The molecular weight excluding hydrogens is 128 g/mol. The van der Waals surface area contributed by atoms with Crippen molar-refractivity contribution in [2.75, 3.05) is 27.2 Å². The molecule has 1 amide bonds. The van der Waals surface area contributed by atoms with Crippen LogP contribution in [0, 0.1) is 6.92 Å². The van der Waals surface area contributed by atoms with Gasteiger partial charge >= 0.3 is 0 Å². The largest absolute Gasteiger partial charge is 0.356 e. The summed E-state index contributed by atoms with van der Waals surface area (Å²) in [4.78, 5) is 12.3. The summed E-state index contributed by atoms with van der Waals surface area (Å²) >= 11 is 0. The fourth-order valence-corrected chi connectivity index (χ4v) is 0.623. The Morgan fingerprint density at radius 1 is 1.60 bits per heavy atom. The van der Waals surface area contributed by atoms with Gasteiger partial charge in [0.25, 0.3) is 0 Å². The van der Waals surface area contributed by atoms with Gasteiger partial charge in [-0.15, -0.1) is 0 Å². The predicted octanol–water partition coefficient (Wildman–Crippen LogP) is -0.112. The Bertz CT molecular complexity index is 102. The molecule has 0 aromatic rings. The van der Waals surface area contributed by atoms with Gasteiger partial charge in [-0.2, -0.15) is 0 Å². The molecule has 0 aromatic carbocycles. The third-order valence-electron chi connectivity index (χ3n) is 1.10. The average Bonchev–Trinajstić information content (AvgIpc) is 1.79. The van der Waals surface area contributed by atoms with Crippen molar-refractivity contribution in [3.05, 3.63) is 6.92 Å². The molecule has 0 spiro atoms. The van der Waals surface area contributed by atoms with Crippen LogP contribution in [0.1, 0.15) is 6.42 Å². The second-order valence-corrected chi connectivity index (χ2v) is 2.51. The quantitative estimate of drug-likeness (QED) is 0.557. The highest BCUT2D eigenvalue weighted by Crippen LogP contribution is 1.79. The molecule has 0 aliphatic carbocycles. The zero-order valence-electron chi connectivity index (χ0n) is 6.68. The average molecular weight is 143 g/mol. The molecule has 1 radical (unpaired) electrons. The van der Waals surface area contributed by atoms with Gasteiger partial charge in [0.05, 0.1) is 0 Å². The fourth-order valence-electron chi connectivity index (χ4n) is 0.623. The molecule has 0 bridgehead atoms. The molecule has 0 rings (SSSR count). The molecule has 0 aliphatic heterocycles. The van der Waals surface area contributed by atoms with Crippen LogP contribution in [0.5, 0.6) is 0 Å². The lowest BCUT2D eigenvalue weighted by molar-refractivity contribution is -0.116. The summed E-state index contributed by atoms with van der Waals surface area (Å²) in [6.07, 6.45) is 0.980. The summed E-state index contributed by atoms with van der Waals surface area (Å²) in [6.45, 7) is 4.91. The van der Waals surface area contributed by atoms with Gasteiger partial charge < -0.3 is 10.2 Å². The highest BCUT2D eigenvalue weighted by molar-refractivity contribution is 5.79. The predicted molar refractivity (Wildman–Crippen MR) is 41.5 cm³/mol. The zero-order chi connectivity index (χ0) is 7.98. The van der Waals surface area contributed by atoms with Gasteiger partial charge in [-0.25, -0.2) is 0 Å². The molecule has 0 fully saturated rings. The van der Waals surface area contributed by atoms with Gasteiger partial charge in [0.2, 0.25) is 5.91 Å². The molecule has 0 heterocycles. The summed E-state index contributed by atoms with van der Waals surface area (Å²) < 4.78 is 0. The first-order valence-corrected chi connectivity index (χ1v) is 3.37. The Labute approximate surface area is 62.4 Å². The van der Waals surface area contributed by atoms with Crippen molar-refractivity contribution in [3.8, 4) is 0 Å². The third kappa shape index (κ3) is 7.43. The maximum absolute atomic E-state index is 10.3. The Kier molecular flexibility index (Phi) is 4.94. The smallest absolute Gasteiger partial charge is 0.220 e. The van der Waals surface area contributed by atoms with E-state index in [1.54, 1.807) is 0 Å². The summed E-state index contributed by atoms with van der Waals surface area (Å²) in [5.74, 6) is -0.196. The number of amides is 1. The van der Waals surface area contributed by atoms with Crippen LogP contribution < -0.4 is 5.32 Å². The molecule has 0 aromatic heterocycles. The van der Waals surface area contributed by atoms with E-state index < -0.39 is 0 Å². The van der Waals surface area contributed by atoms with Crippen LogP contribution in [0.2, 0.25) is 0 Å². The van der Waals surface area contributed by atoms with Gasteiger partial charge in [0.1, 0.15) is 0 Å². The molecule has 0 aliphatic rings. The maximum Gasteiger partial charge on any atom is 0.220 e. The van der Waals surface area contributed by atoms with Gasteiger partial charge in [0, 0.05) is 13.5 Å². The fraction of sp³-hybridized carbons (Fsp3) is 0.714. The first-order valence-electron chi connectivity index (χ1n) is 3.37. The van der Waals surface area contributed by atoms with E-state index in [1.165, 1.54) is 0 Å². The van der Waals surface area contributed by atoms with Crippen LogP contribution in [-0.2, 0) is 4.79 Å². The second kappa shape index (κ2) is 5.23. The van der Waals surface area contributed by atoms with E-state index in [-0.39, 0.29) is 5.91 Å². The lowest BCUT2D eigenvalue weighted by atomic mass is 10.4. The van der Waals surface area contributed by atoms with E-state index in [0.29, 0.717) is 0 Å². The molecule has 59 valence electrons. The topological polar surface area (TPSA) is 32.3 Å². The molecule has 10 heavy (non-hydrogen) atoms. The summed E-state index contributed by atoms with van der Waals surface area (Å²) in [6, 6.07) is 0. The number of carbonyl (C=O) groups excluding carboxylic acids is 1. The molecule has 0 saturated heterocycles. The van der Waals surface area contributed by atoms with Crippen LogP contribution in [0.3, 0.4) is 0 Å². The van der Waals surface area contributed by atoms with Crippen molar-refractivity contribution in [2.45, 2.75) is 6.42 Å². The van der Waals surface area contributed by atoms with E-state index in [1.807, 2.05) is 14.1 Å². The standard InChI is InChI=1S/C7H15N2O/c1-7(10)8-5-4-6-9(2)3/h1,4-6H2,2-3H3,(H,8,10). The molecule has 3 heteroatoms. The first kappa shape index (κ1) is 9.43. The lowest BCUT2D eigenvalue weighted by Crippen LogP contribution is -2.24. The Balaban J connectivity index is 2.98. The van der Waals surface area contributed by atoms with Gasteiger partial charge in [-0.1, -0.05) is 0 Å². The van der Waals surface area contributed by atoms with Crippen LogP contribution in [0.4, 0.5) is 0 Å². The molecule has 1 N–H and O–H groups in total. The number of rotatable bonds is 4. The third-order valence-corrected chi connectivity index (χ3v) is 1.10. The SMILES string of the molecule is [CH2]C(=O)NCCCN(C)C. The van der Waals surface area contributed by atoms with Crippen LogP contribution in [0.15, 0.2) is 0 Å². The van der Waals surface area contributed by atoms with Crippen molar-refractivity contribution in [3.63, 3.8) is 0 Å². The van der Waals surface area contributed by atoms with Crippen LogP contribution >= 0.6 is 0 Å². The zero-order valence-corrected chi connectivity index (χ0v) is 6.68. The van der Waals surface area contributed by atoms with Crippen molar-refractivity contribution in [1.82, 2.24) is 10.2 Å². The summed E-state index contributed by atoms with van der Waals surface area (Å²) in [7, 11) is 4.01. The number of hydrogen-bond donors (Lipinski definition) is 1. The van der Waals surface area contributed by atoms with E-state index in [0.717, 1.165) is 19.5 Å². The van der Waals surface area contributed by atoms with Gasteiger partial charge in [0.15, 0.2) is 0 Å². The van der Waals surface area contributed by atoms with E-state index in [4.69, 9.17) is 0 Å². The van der Waals surface area contributed by atoms with Crippen LogP contribution in [0.25, 0.3) is 0 Å². The Hall–Kier alpha value is -0.570. The highest BCUT2D eigenvalue weighted by Gasteiger charge is 1.91. The minimum Gasteiger partial charge on any atom is -0.356 e. The number of nitrogens with zero attached hydrogens (tertiary/aromatic N) is 1. The number of carbonyl (C=O) groups is 1. The van der Waals surface area contributed by atoms with Crippen molar-refractivity contribution in [2.24, 2.45) is 0 Å². The Morgan fingerprint density at radius 2 is 2.20 bits per heavy atom. The van der Waals surface area contributed by atoms with Crippen LogP contribution in [-0.4, -0.2) is 38.0 Å². The normalized spacial score (nSPS) is 10.0. The minimum atomic E-state index is -0.196. The molecule has 0 saturated carbocycles. The van der Waals surface area contributed by atoms with Crippen molar-refractivity contribution in [1.29, 1.82) is 0 Å². The first-order chi connectivity index (χ1) is 4.63. The lowest BCUT2D eigenvalue weighted by Gasteiger charge is -2.08. The number of nitrogens with one attached hydrogen (secondary N) is 1. The summed E-state index contributed by atoms with van der Waals surface area (Å²) in [5, 5.41) is 2.62. The van der Waals surface area contributed by atoms with E-state index >= 15 is 0 Å². The molecule has 0 atom stereocenters. The minimum absolute atomic E-state index is 0.196.